The Morgan fingerprint density at radius 1 is 1.41 bits per heavy atom. The molecule has 4 nitrogen and oxygen atoms in total. The van der Waals surface area contributed by atoms with Gasteiger partial charge in [0, 0.05) is 11.1 Å². The number of rotatable bonds is 3. The summed E-state index contributed by atoms with van der Waals surface area (Å²) in [6, 6.07) is 6.64. The van der Waals surface area contributed by atoms with E-state index in [2.05, 4.69) is 25.6 Å². The van der Waals surface area contributed by atoms with Gasteiger partial charge in [0.15, 0.2) is 0 Å². The molecule has 0 radical (unpaired) electrons. The normalized spacial score (nSPS) is 11.4. The minimum absolute atomic E-state index is 0.278. The summed E-state index contributed by atoms with van der Waals surface area (Å²) in [5.41, 5.74) is 0. The first-order valence-electron chi connectivity index (χ1n) is 4.69. The minimum atomic E-state index is -3.56. The predicted molar refractivity (Wildman–Crippen MR) is 71.8 cm³/mol. The average Bonchev–Trinajstić information content (AvgIpc) is 2.59. The summed E-state index contributed by atoms with van der Waals surface area (Å²) >= 11 is 4.66. The van der Waals surface area contributed by atoms with Crippen molar-refractivity contribution in [2.24, 2.45) is 0 Å². The molecule has 17 heavy (non-hydrogen) atoms. The molecule has 2 aromatic rings. The van der Waals surface area contributed by atoms with Crippen molar-refractivity contribution in [3.05, 3.63) is 39.1 Å². The lowest BCUT2D eigenvalue weighted by Crippen LogP contribution is -2.13. The molecule has 1 N–H and O–H groups in total. The fourth-order valence-corrected chi connectivity index (χ4v) is 4.74. The van der Waals surface area contributed by atoms with Crippen molar-refractivity contribution in [2.75, 3.05) is 4.72 Å². The highest BCUT2D eigenvalue weighted by atomic mass is 79.9. The van der Waals surface area contributed by atoms with Gasteiger partial charge >= 0.3 is 0 Å². The fourth-order valence-electron chi connectivity index (χ4n) is 1.31. The van der Waals surface area contributed by atoms with E-state index in [0.29, 0.717) is 5.82 Å². The lowest BCUT2D eigenvalue weighted by molar-refractivity contribution is 0.601. The Bertz CT molecular complexity index is 623. The Balaban J connectivity index is 2.35. The van der Waals surface area contributed by atoms with E-state index in [1.54, 1.807) is 31.2 Å². The summed E-state index contributed by atoms with van der Waals surface area (Å²) in [5.74, 6) is 0.314. The summed E-state index contributed by atoms with van der Waals surface area (Å²) in [4.78, 5) is 4.94. The second-order valence-electron chi connectivity index (χ2n) is 3.29. The van der Waals surface area contributed by atoms with E-state index in [1.165, 1.54) is 17.5 Å². The van der Waals surface area contributed by atoms with Crippen LogP contribution in [0.4, 0.5) is 5.82 Å². The fraction of sp³-hybridized carbons (Fsp3) is 0.100. The Morgan fingerprint density at radius 2 is 2.18 bits per heavy atom. The number of thiophene rings is 1. The van der Waals surface area contributed by atoms with Gasteiger partial charge in [0.1, 0.15) is 10.7 Å². The molecule has 0 fully saturated rings. The number of sulfonamides is 1. The largest absolute Gasteiger partial charge is 0.264 e. The van der Waals surface area contributed by atoms with Crippen molar-refractivity contribution in [1.82, 2.24) is 4.98 Å². The molecular formula is C10H9BrN2O2S2. The number of hydrogen-bond acceptors (Lipinski definition) is 4. The molecule has 0 atom stereocenters. The first kappa shape index (κ1) is 12.5. The van der Waals surface area contributed by atoms with Crippen LogP contribution in [0, 0.1) is 6.92 Å². The average molecular weight is 333 g/mol. The number of aryl methyl sites for hydroxylation is 1. The molecule has 2 aromatic heterocycles. The number of aromatic nitrogens is 1. The van der Waals surface area contributed by atoms with Gasteiger partial charge in [-0.3, -0.25) is 4.72 Å². The summed E-state index contributed by atoms with van der Waals surface area (Å²) in [6.45, 7) is 1.77. The van der Waals surface area contributed by atoms with Gasteiger partial charge in [-0.05, 0) is 41.1 Å². The molecule has 0 amide bonds. The van der Waals surface area contributed by atoms with Crippen LogP contribution in [-0.2, 0) is 10.0 Å². The van der Waals surface area contributed by atoms with E-state index in [9.17, 15) is 8.42 Å². The van der Waals surface area contributed by atoms with Crippen LogP contribution in [0.3, 0.4) is 0 Å². The minimum Gasteiger partial charge on any atom is -0.263 e. The monoisotopic (exact) mass is 332 g/mol. The van der Waals surface area contributed by atoms with Crippen molar-refractivity contribution < 1.29 is 8.42 Å². The van der Waals surface area contributed by atoms with Crippen LogP contribution >= 0.6 is 27.3 Å². The third kappa shape index (κ3) is 2.85. The van der Waals surface area contributed by atoms with E-state index >= 15 is 0 Å². The predicted octanol–water partition coefficient (Wildman–Crippen LogP) is 3.01. The quantitative estimate of drug-likeness (QED) is 0.939. The van der Waals surface area contributed by atoms with Gasteiger partial charge < -0.3 is 0 Å². The maximum atomic E-state index is 12.1. The number of anilines is 1. The Morgan fingerprint density at radius 3 is 2.71 bits per heavy atom. The first-order chi connectivity index (χ1) is 7.99. The molecule has 0 unspecified atom stereocenters. The molecule has 0 saturated carbocycles. The molecule has 0 spiro atoms. The van der Waals surface area contributed by atoms with Gasteiger partial charge in [0.2, 0.25) is 0 Å². The molecule has 0 aromatic carbocycles. The standard InChI is InChI=1S/C10H9BrN2O2S2/c1-7-8(6-9(11)16-7)17(14,15)13-10-4-2-3-5-12-10/h2-6H,1H3,(H,12,13). The van der Waals surface area contributed by atoms with Crippen LogP contribution in [0.2, 0.25) is 0 Å². The molecule has 0 saturated heterocycles. The van der Waals surface area contributed by atoms with Gasteiger partial charge in [0.05, 0.1) is 3.79 Å². The highest BCUT2D eigenvalue weighted by Crippen LogP contribution is 2.30. The van der Waals surface area contributed by atoms with Crippen LogP contribution in [0.1, 0.15) is 4.88 Å². The molecule has 90 valence electrons. The summed E-state index contributed by atoms with van der Waals surface area (Å²) in [5, 5.41) is 0. The van der Waals surface area contributed by atoms with Gasteiger partial charge in [0.25, 0.3) is 10.0 Å². The molecule has 0 aliphatic rings. The van der Waals surface area contributed by atoms with E-state index < -0.39 is 10.0 Å². The van der Waals surface area contributed by atoms with Gasteiger partial charge in [-0.15, -0.1) is 11.3 Å². The van der Waals surface area contributed by atoms with Crippen molar-refractivity contribution in [2.45, 2.75) is 11.8 Å². The first-order valence-corrected chi connectivity index (χ1v) is 7.78. The third-order valence-corrected chi connectivity index (χ3v) is 5.20. The number of halogens is 1. The zero-order valence-corrected chi connectivity index (χ0v) is 12.1. The van der Waals surface area contributed by atoms with Crippen LogP contribution in [0.15, 0.2) is 39.1 Å². The van der Waals surface area contributed by atoms with E-state index in [4.69, 9.17) is 0 Å². The maximum absolute atomic E-state index is 12.1. The second-order valence-corrected chi connectivity index (χ2v) is 7.58. The lowest BCUT2D eigenvalue weighted by atomic mass is 10.5. The number of nitrogens with zero attached hydrogens (tertiary/aromatic N) is 1. The summed E-state index contributed by atoms with van der Waals surface area (Å²) < 4.78 is 27.4. The molecule has 2 heterocycles. The number of pyridine rings is 1. The lowest BCUT2D eigenvalue weighted by Gasteiger charge is -2.05. The SMILES string of the molecule is Cc1sc(Br)cc1S(=O)(=O)Nc1ccccn1. The van der Waals surface area contributed by atoms with E-state index in [0.717, 1.165) is 8.66 Å². The van der Waals surface area contributed by atoms with Crippen LogP contribution in [0.25, 0.3) is 0 Å². The third-order valence-electron chi connectivity index (χ3n) is 2.04. The van der Waals surface area contributed by atoms with E-state index in [1.807, 2.05) is 0 Å². The molecule has 0 bridgehead atoms. The molecule has 0 aliphatic heterocycles. The highest BCUT2D eigenvalue weighted by molar-refractivity contribution is 9.11. The maximum Gasteiger partial charge on any atom is 0.264 e. The molecule has 0 aliphatic carbocycles. The second kappa shape index (κ2) is 4.75. The van der Waals surface area contributed by atoms with Crippen molar-refractivity contribution in [1.29, 1.82) is 0 Å². The van der Waals surface area contributed by atoms with Crippen LogP contribution < -0.4 is 4.72 Å². The Labute approximate surface area is 112 Å². The summed E-state index contributed by atoms with van der Waals surface area (Å²) in [6.07, 6.45) is 1.54. The molecular weight excluding hydrogens is 324 g/mol. The van der Waals surface area contributed by atoms with Gasteiger partial charge in [-0.1, -0.05) is 6.07 Å². The Kier molecular flexibility index (Phi) is 3.50. The van der Waals surface area contributed by atoms with E-state index in [-0.39, 0.29) is 4.90 Å². The Hall–Kier alpha value is -0.920. The van der Waals surface area contributed by atoms with Crippen LogP contribution in [-0.4, -0.2) is 13.4 Å². The smallest absolute Gasteiger partial charge is 0.263 e. The van der Waals surface area contributed by atoms with Crippen molar-refractivity contribution in [3.63, 3.8) is 0 Å². The van der Waals surface area contributed by atoms with Gasteiger partial charge in [-0.2, -0.15) is 0 Å². The molecule has 2 rings (SSSR count). The topological polar surface area (TPSA) is 59.1 Å². The van der Waals surface area contributed by atoms with Crippen LogP contribution in [0.5, 0.6) is 0 Å². The molecule has 7 heteroatoms. The summed E-state index contributed by atoms with van der Waals surface area (Å²) in [7, 11) is -3.56. The van der Waals surface area contributed by atoms with Crippen molar-refractivity contribution >= 4 is 43.1 Å². The van der Waals surface area contributed by atoms with Gasteiger partial charge in [-0.25, -0.2) is 13.4 Å². The van der Waals surface area contributed by atoms with Crippen molar-refractivity contribution in [3.8, 4) is 0 Å². The zero-order chi connectivity index (χ0) is 12.5. The number of nitrogens with one attached hydrogen (secondary N) is 1. The highest BCUT2D eigenvalue weighted by Gasteiger charge is 2.19. The zero-order valence-electron chi connectivity index (χ0n) is 8.84. The number of hydrogen-bond donors (Lipinski definition) is 1.